The molecule has 2 unspecified atom stereocenters. The van der Waals surface area contributed by atoms with Crippen LogP contribution in [-0.4, -0.2) is 26.8 Å². The summed E-state index contributed by atoms with van der Waals surface area (Å²) in [5.41, 5.74) is 0. The quantitative estimate of drug-likeness (QED) is 0.536. The van der Waals surface area contributed by atoms with Crippen LogP contribution < -0.4 is 4.13 Å². The van der Waals surface area contributed by atoms with Gasteiger partial charge in [-0.1, -0.05) is 0 Å². The Kier molecular flexibility index (Phi) is 4.15. The second-order valence-corrected chi connectivity index (χ2v) is 8.64. The molecule has 0 saturated carbocycles. The van der Waals surface area contributed by atoms with Gasteiger partial charge in [0.1, 0.15) is 0 Å². The van der Waals surface area contributed by atoms with Crippen molar-refractivity contribution >= 4 is 38.5 Å². The molecule has 0 radical (unpaired) electrons. The number of alkyl halides is 4. The maximum absolute atomic E-state index is 12.2. The van der Waals surface area contributed by atoms with Gasteiger partial charge in [-0.05, 0) is 18.5 Å². The first-order chi connectivity index (χ1) is 6.21. The van der Waals surface area contributed by atoms with Crippen LogP contribution in [0, 0.1) is 0 Å². The van der Waals surface area contributed by atoms with Crippen molar-refractivity contribution in [3.05, 3.63) is 0 Å². The molecule has 0 fully saturated rings. The molecule has 0 bridgehead atoms. The number of sulfonamides is 2. The molecule has 92 valence electrons. The number of hydrogen-bond donors (Lipinski definition) is 1. The van der Waals surface area contributed by atoms with Crippen LogP contribution in [0.1, 0.15) is 0 Å². The summed E-state index contributed by atoms with van der Waals surface area (Å²) in [6.07, 6.45) is 0. The Bertz CT molecular complexity index is 390. The Morgan fingerprint density at radius 1 is 0.800 bits per heavy atom. The number of primary sulfonamides is 2. The first-order valence-electron chi connectivity index (χ1n) is 2.88. The van der Waals surface area contributed by atoms with E-state index < -0.39 is 34.2 Å². The fourth-order valence-corrected chi connectivity index (χ4v) is 3.66. The van der Waals surface area contributed by atoms with Crippen LogP contribution in [-0.2, 0) is 20.0 Å². The van der Waals surface area contributed by atoms with Crippen molar-refractivity contribution in [1.82, 2.24) is 0 Å². The zero-order valence-electron chi connectivity index (χ0n) is 6.69. The van der Waals surface area contributed by atoms with Crippen molar-refractivity contribution in [3.8, 4) is 0 Å². The molecule has 5 nitrogen and oxygen atoms in total. The minimum atomic E-state index is -5.62. The fourth-order valence-electron chi connectivity index (χ4n) is 0.295. The standard InChI is InChI=1S/C2H5F4NO4P2S2/c3-1(4,12)14(8,9)7-15(10,11)2(5,6)13/h7H,12-13H2/p+1. The lowest BCUT2D eigenvalue weighted by Crippen LogP contribution is -2.94. The number of nitrogens with two attached hydrogens (primary N) is 1. The Labute approximate surface area is 87.5 Å². The summed E-state index contributed by atoms with van der Waals surface area (Å²) < 4.78 is 90.2. The van der Waals surface area contributed by atoms with E-state index >= 15 is 0 Å². The van der Waals surface area contributed by atoms with Crippen LogP contribution in [0.5, 0.6) is 0 Å². The van der Waals surface area contributed by atoms with Gasteiger partial charge in [-0.15, -0.1) is 4.13 Å². The highest BCUT2D eigenvalue weighted by atomic mass is 32.3. The molecule has 0 aromatic carbocycles. The number of rotatable bonds is 4. The SMILES string of the molecule is O=S(=O)([NH2+]S(=O)(=O)C(F)(F)P)C(F)(F)P. The van der Waals surface area contributed by atoms with Gasteiger partial charge in [0, 0.05) is 0 Å². The van der Waals surface area contributed by atoms with Gasteiger partial charge >= 0.3 is 30.0 Å². The highest BCUT2D eigenvalue weighted by molar-refractivity contribution is 8.00. The Morgan fingerprint density at radius 3 is 1.13 bits per heavy atom. The first-order valence-corrected chi connectivity index (χ1v) is 7.13. The van der Waals surface area contributed by atoms with Gasteiger partial charge in [-0.2, -0.15) is 34.4 Å². The van der Waals surface area contributed by atoms with Crippen LogP contribution in [0.2, 0.25) is 0 Å². The molecule has 13 heteroatoms. The van der Waals surface area contributed by atoms with E-state index in [1.807, 2.05) is 0 Å². The zero-order valence-corrected chi connectivity index (χ0v) is 10.6. The van der Waals surface area contributed by atoms with E-state index in [1.54, 1.807) is 0 Å². The van der Waals surface area contributed by atoms with Gasteiger partial charge in [0.25, 0.3) is 0 Å². The molecule has 0 amide bonds. The fraction of sp³-hybridized carbons (Fsp3) is 1.00. The number of quaternary nitrogens is 1. The number of halogens is 4. The molecule has 0 aromatic rings. The molecule has 15 heavy (non-hydrogen) atoms. The van der Waals surface area contributed by atoms with Crippen LogP contribution in [0.3, 0.4) is 0 Å². The first kappa shape index (κ1) is 15.4. The Morgan fingerprint density at radius 2 is 1.00 bits per heavy atom. The van der Waals surface area contributed by atoms with Crippen LogP contribution in [0.4, 0.5) is 17.6 Å². The van der Waals surface area contributed by atoms with Crippen LogP contribution in [0.15, 0.2) is 0 Å². The van der Waals surface area contributed by atoms with Gasteiger partial charge in [0.05, 0.1) is 0 Å². The van der Waals surface area contributed by atoms with Gasteiger partial charge in [-0.3, -0.25) is 0 Å². The lowest BCUT2D eigenvalue weighted by Gasteiger charge is -2.12. The zero-order chi connectivity index (χ0) is 12.7. The van der Waals surface area contributed by atoms with Gasteiger partial charge in [0.2, 0.25) is 0 Å². The van der Waals surface area contributed by atoms with Crippen molar-refractivity contribution in [2.24, 2.45) is 0 Å². The van der Waals surface area contributed by atoms with Crippen molar-refractivity contribution in [3.63, 3.8) is 0 Å². The molecule has 0 aliphatic carbocycles. The minimum Gasteiger partial charge on any atom is -0.178 e. The predicted molar refractivity (Wildman–Crippen MR) is 49.1 cm³/mol. The average molecular weight is 310 g/mol. The third-order valence-electron chi connectivity index (χ3n) is 1.01. The molecule has 0 spiro atoms. The van der Waals surface area contributed by atoms with E-state index in [-0.39, 0.29) is 0 Å². The molecular weight excluding hydrogens is 304 g/mol. The largest absolute Gasteiger partial charge is 0.404 e. The second kappa shape index (κ2) is 4.03. The lowest BCUT2D eigenvalue weighted by atomic mass is 11.6. The molecule has 2 N–H and O–H groups in total. The topological polar surface area (TPSA) is 84.9 Å². The molecule has 0 aliphatic rings. The molecule has 0 aliphatic heterocycles. The molecule has 0 rings (SSSR count). The van der Waals surface area contributed by atoms with Crippen LogP contribution in [0.25, 0.3) is 0 Å². The van der Waals surface area contributed by atoms with E-state index in [0.29, 0.717) is 18.5 Å². The van der Waals surface area contributed by atoms with E-state index in [9.17, 15) is 34.4 Å². The van der Waals surface area contributed by atoms with Gasteiger partial charge < -0.3 is 0 Å². The summed E-state index contributed by atoms with van der Waals surface area (Å²) in [5, 5.41) is 0. The van der Waals surface area contributed by atoms with E-state index in [4.69, 9.17) is 0 Å². The maximum Gasteiger partial charge on any atom is 0.404 e. The molecular formula is C2H6F4NO4P2S2+. The van der Waals surface area contributed by atoms with E-state index in [1.165, 1.54) is 0 Å². The normalized spacial score (nSPS) is 15.3. The van der Waals surface area contributed by atoms with Gasteiger partial charge in [0.15, 0.2) is 0 Å². The van der Waals surface area contributed by atoms with E-state index in [0.717, 1.165) is 0 Å². The lowest BCUT2D eigenvalue weighted by molar-refractivity contribution is -0.326. The second-order valence-electron chi connectivity index (χ2n) is 2.31. The molecule has 0 aromatic heterocycles. The summed E-state index contributed by atoms with van der Waals surface area (Å²) in [4.78, 5) is -9.04. The monoisotopic (exact) mass is 310 g/mol. The van der Waals surface area contributed by atoms with Crippen LogP contribution >= 0.6 is 18.5 Å². The summed E-state index contributed by atoms with van der Waals surface area (Å²) in [7, 11) is -10.2. The molecule has 0 saturated heterocycles. The van der Waals surface area contributed by atoms with Crippen molar-refractivity contribution < 1.29 is 38.5 Å². The van der Waals surface area contributed by atoms with Crippen molar-refractivity contribution in [2.45, 2.75) is 9.99 Å². The third kappa shape index (κ3) is 3.74. The third-order valence-corrected chi connectivity index (χ3v) is 6.53. The van der Waals surface area contributed by atoms with E-state index in [2.05, 4.69) is 0 Å². The predicted octanol–water partition coefficient (Wildman–Crippen LogP) is -0.940. The summed E-state index contributed by atoms with van der Waals surface area (Å²) >= 11 is 0. The average Bonchev–Trinajstić information content (AvgIpc) is 1.77. The van der Waals surface area contributed by atoms with Crippen molar-refractivity contribution in [1.29, 1.82) is 0 Å². The summed E-state index contributed by atoms with van der Waals surface area (Å²) in [6, 6.07) is 0. The minimum absolute atomic E-state index is 0.536. The smallest absolute Gasteiger partial charge is 0.178 e. The highest BCUT2D eigenvalue weighted by Crippen LogP contribution is 2.29. The molecule has 2 atom stereocenters. The van der Waals surface area contributed by atoms with Gasteiger partial charge in [-0.25, -0.2) is 0 Å². The summed E-state index contributed by atoms with van der Waals surface area (Å²) in [6.45, 7) is 0. The van der Waals surface area contributed by atoms with Crippen molar-refractivity contribution in [2.75, 3.05) is 0 Å². The molecule has 0 heterocycles. The summed E-state index contributed by atoms with van der Waals surface area (Å²) in [5.74, 6) is 0. The Hall–Kier alpha value is 0.440. The number of hydrogen-bond acceptors (Lipinski definition) is 4. The Balaban J connectivity index is 5.28. The maximum atomic E-state index is 12.2. The highest BCUT2D eigenvalue weighted by Gasteiger charge is 2.53.